The summed E-state index contributed by atoms with van der Waals surface area (Å²) in [4.78, 5) is 37.7. The highest BCUT2D eigenvalue weighted by molar-refractivity contribution is 7.17. The van der Waals surface area contributed by atoms with Gasteiger partial charge in [0.25, 0.3) is 5.56 Å². The number of nitrogens with zero attached hydrogens (tertiary/aromatic N) is 5. The number of hydrogen-bond acceptors (Lipinski definition) is 6. The molecule has 3 aromatic rings. The molecule has 0 aliphatic carbocycles. The minimum atomic E-state index is -0.114. The molecule has 0 saturated carbocycles. The molecule has 5 rings (SSSR count). The molecule has 2 aliphatic rings. The first kappa shape index (κ1) is 22.2. The second kappa shape index (κ2) is 9.35. The maximum absolute atomic E-state index is 13.3. The minimum Gasteiger partial charge on any atom is -0.368 e. The van der Waals surface area contributed by atoms with E-state index in [2.05, 4.69) is 16.7 Å². The summed E-state index contributed by atoms with van der Waals surface area (Å²) in [6.07, 6.45) is 3.35. The molecule has 1 amide bonds. The van der Waals surface area contributed by atoms with Crippen molar-refractivity contribution in [3.8, 4) is 0 Å². The number of halogens is 1. The van der Waals surface area contributed by atoms with Crippen LogP contribution in [0.4, 0.5) is 11.6 Å². The quantitative estimate of drug-likeness (QED) is 0.563. The van der Waals surface area contributed by atoms with Gasteiger partial charge in [0.05, 0.1) is 5.52 Å². The molecule has 0 N–H and O–H groups in total. The number of carbonyl (C=O) groups is 1. The Bertz CT molecular complexity index is 1230. The fourth-order valence-corrected chi connectivity index (χ4v) is 5.71. The third-order valence-corrected chi connectivity index (χ3v) is 7.75. The Kier molecular flexibility index (Phi) is 6.29. The molecule has 0 spiro atoms. The van der Waals surface area contributed by atoms with Crippen LogP contribution in [0.25, 0.3) is 10.2 Å². The second-order valence-corrected chi connectivity index (χ2v) is 10.1. The second-order valence-electron chi connectivity index (χ2n) is 8.78. The average molecular weight is 486 g/mol. The number of piperidine rings is 1. The van der Waals surface area contributed by atoms with Crippen LogP contribution in [0.2, 0.25) is 5.02 Å². The zero-order valence-corrected chi connectivity index (χ0v) is 20.4. The third kappa shape index (κ3) is 4.46. The Morgan fingerprint density at radius 3 is 2.55 bits per heavy atom. The van der Waals surface area contributed by atoms with Gasteiger partial charge in [-0.05, 0) is 55.3 Å². The molecular weight excluding hydrogens is 458 g/mol. The van der Waals surface area contributed by atoms with Gasteiger partial charge >= 0.3 is 0 Å². The molecule has 2 aromatic heterocycles. The van der Waals surface area contributed by atoms with Crippen molar-refractivity contribution in [3.05, 3.63) is 50.6 Å². The fraction of sp³-hybridized carbons (Fsp3) is 0.458. The number of fused-ring (bicyclic) bond motifs is 1. The number of benzene rings is 1. The van der Waals surface area contributed by atoms with Crippen LogP contribution in [-0.4, -0.2) is 59.6 Å². The molecule has 9 heteroatoms. The summed E-state index contributed by atoms with van der Waals surface area (Å²) in [7, 11) is 0. The first-order chi connectivity index (χ1) is 16.0. The van der Waals surface area contributed by atoms with Gasteiger partial charge in [0, 0.05) is 50.0 Å². The van der Waals surface area contributed by atoms with Crippen molar-refractivity contribution in [3.63, 3.8) is 0 Å². The topological polar surface area (TPSA) is 61.7 Å². The van der Waals surface area contributed by atoms with Gasteiger partial charge < -0.3 is 14.7 Å². The zero-order chi connectivity index (χ0) is 22.9. The van der Waals surface area contributed by atoms with Gasteiger partial charge in [-0.25, -0.2) is 4.98 Å². The molecule has 0 unspecified atom stereocenters. The maximum atomic E-state index is 13.3. The lowest BCUT2D eigenvalue weighted by molar-refractivity contribution is -0.132. The molecule has 7 nitrogen and oxygen atoms in total. The molecule has 2 fully saturated rings. The van der Waals surface area contributed by atoms with E-state index < -0.39 is 0 Å². The molecule has 33 heavy (non-hydrogen) atoms. The molecule has 2 aliphatic heterocycles. The highest BCUT2D eigenvalue weighted by Crippen LogP contribution is 2.26. The number of aryl methyl sites for hydroxylation is 1. The Labute approximate surface area is 202 Å². The Balaban J connectivity index is 1.35. The van der Waals surface area contributed by atoms with Crippen LogP contribution in [0, 0.1) is 6.92 Å². The van der Waals surface area contributed by atoms with Crippen LogP contribution in [-0.2, 0) is 11.3 Å². The summed E-state index contributed by atoms with van der Waals surface area (Å²) >= 11 is 7.59. The summed E-state index contributed by atoms with van der Waals surface area (Å²) in [5, 5.41) is 2.61. The Morgan fingerprint density at radius 2 is 1.79 bits per heavy atom. The molecular formula is C24H28ClN5O2S. The lowest BCUT2D eigenvalue weighted by atomic mass is 10.1. The van der Waals surface area contributed by atoms with E-state index in [4.69, 9.17) is 16.6 Å². The maximum Gasteiger partial charge on any atom is 0.273 e. The molecule has 0 bridgehead atoms. The molecule has 174 valence electrons. The first-order valence-electron chi connectivity index (χ1n) is 11.5. The predicted molar refractivity (Wildman–Crippen MR) is 135 cm³/mol. The van der Waals surface area contributed by atoms with E-state index >= 15 is 0 Å². The summed E-state index contributed by atoms with van der Waals surface area (Å²) in [6, 6.07) is 7.80. The number of carbonyl (C=O) groups excluding carboxylic acids is 1. The monoisotopic (exact) mass is 485 g/mol. The fourth-order valence-electron chi connectivity index (χ4n) is 4.77. The molecule has 4 heterocycles. The lowest BCUT2D eigenvalue weighted by Crippen LogP contribution is -2.50. The predicted octanol–water partition coefficient (Wildman–Crippen LogP) is 3.76. The number of rotatable bonds is 4. The number of piperazine rings is 1. The van der Waals surface area contributed by atoms with Crippen molar-refractivity contribution >= 4 is 50.7 Å². The number of anilines is 2. The SMILES string of the molecule is Cc1ccc(Cl)cc1N1CCN(C(=O)Cn2c(N3CCCCC3)nc3ccsc3c2=O)CC1. The van der Waals surface area contributed by atoms with E-state index in [1.807, 2.05) is 34.5 Å². The highest BCUT2D eigenvalue weighted by Gasteiger charge is 2.26. The highest BCUT2D eigenvalue weighted by atomic mass is 35.5. The summed E-state index contributed by atoms with van der Waals surface area (Å²) in [6.45, 7) is 6.56. The van der Waals surface area contributed by atoms with Crippen molar-refractivity contribution in [2.24, 2.45) is 0 Å². The molecule has 2 saturated heterocycles. The normalized spacial score (nSPS) is 17.1. The van der Waals surface area contributed by atoms with Crippen molar-refractivity contribution in [1.29, 1.82) is 0 Å². The van der Waals surface area contributed by atoms with Crippen molar-refractivity contribution in [1.82, 2.24) is 14.5 Å². The minimum absolute atomic E-state index is 0.0295. The van der Waals surface area contributed by atoms with Crippen LogP contribution in [0.3, 0.4) is 0 Å². The van der Waals surface area contributed by atoms with Crippen LogP contribution >= 0.6 is 22.9 Å². The van der Waals surface area contributed by atoms with Crippen LogP contribution in [0.15, 0.2) is 34.4 Å². The van der Waals surface area contributed by atoms with E-state index in [0.29, 0.717) is 23.7 Å². The summed E-state index contributed by atoms with van der Waals surface area (Å²) in [5.74, 6) is 0.600. The molecule has 1 aromatic carbocycles. The molecule has 0 atom stereocenters. The van der Waals surface area contributed by atoms with Crippen LogP contribution < -0.4 is 15.4 Å². The van der Waals surface area contributed by atoms with Gasteiger partial charge in [-0.3, -0.25) is 14.2 Å². The van der Waals surface area contributed by atoms with Gasteiger partial charge in [0.2, 0.25) is 11.9 Å². The van der Waals surface area contributed by atoms with Gasteiger partial charge in [-0.15, -0.1) is 11.3 Å². The van der Waals surface area contributed by atoms with E-state index in [1.54, 1.807) is 4.57 Å². The van der Waals surface area contributed by atoms with Crippen LogP contribution in [0.5, 0.6) is 0 Å². The van der Waals surface area contributed by atoms with E-state index in [1.165, 1.54) is 23.3 Å². The van der Waals surface area contributed by atoms with E-state index in [-0.39, 0.29) is 18.0 Å². The first-order valence-corrected chi connectivity index (χ1v) is 12.8. The summed E-state index contributed by atoms with van der Waals surface area (Å²) in [5.41, 5.74) is 2.90. The third-order valence-electron chi connectivity index (χ3n) is 6.62. The lowest BCUT2D eigenvalue weighted by Gasteiger charge is -2.37. The van der Waals surface area contributed by atoms with E-state index in [9.17, 15) is 9.59 Å². The average Bonchev–Trinajstić information content (AvgIpc) is 3.32. The number of aromatic nitrogens is 2. The smallest absolute Gasteiger partial charge is 0.273 e. The van der Waals surface area contributed by atoms with Gasteiger partial charge in [-0.2, -0.15) is 0 Å². The van der Waals surface area contributed by atoms with E-state index in [0.717, 1.165) is 55.2 Å². The van der Waals surface area contributed by atoms with Crippen molar-refractivity contribution in [2.45, 2.75) is 32.7 Å². The van der Waals surface area contributed by atoms with Crippen molar-refractivity contribution in [2.75, 3.05) is 49.1 Å². The zero-order valence-electron chi connectivity index (χ0n) is 18.8. The Morgan fingerprint density at radius 1 is 1.03 bits per heavy atom. The molecule has 0 radical (unpaired) electrons. The van der Waals surface area contributed by atoms with Crippen molar-refractivity contribution < 1.29 is 4.79 Å². The number of thiophene rings is 1. The Hall–Kier alpha value is -2.58. The number of hydrogen-bond donors (Lipinski definition) is 0. The standard InChI is InChI=1S/C24H28ClN5O2S/c1-17-5-6-18(25)15-20(17)27-10-12-28(13-11-27)21(31)16-30-23(32)22-19(7-14-33-22)26-24(30)29-8-3-2-4-9-29/h5-7,14-15H,2-4,8-13,16H2,1H3. The van der Waals surface area contributed by atoms with Gasteiger partial charge in [0.1, 0.15) is 11.2 Å². The van der Waals surface area contributed by atoms with Gasteiger partial charge in [-0.1, -0.05) is 17.7 Å². The number of amides is 1. The van der Waals surface area contributed by atoms with Crippen LogP contribution in [0.1, 0.15) is 24.8 Å². The summed E-state index contributed by atoms with van der Waals surface area (Å²) < 4.78 is 2.21. The van der Waals surface area contributed by atoms with Gasteiger partial charge in [0.15, 0.2) is 0 Å². The largest absolute Gasteiger partial charge is 0.368 e.